The zero-order chi connectivity index (χ0) is 9.26. The van der Waals surface area contributed by atoms with E-state index in [0.717, 1.165) is 0 Å². The molecule has 0 spiro atoms. The smallest absolute Gasteiger partial charge is 0.0422 e. The van der Waals surface area contributed by atoms with Crippen LogP contribution in [0.15, 0.2) is 11.4 Å². The molecule has 1 heterocycles. The standard InChI is InChI=1S/C11H17NS/c1-3-8(2)12-10-5-4-9-6-7-13-11(9)10/h6-8,10,12H,3-5H2,1-2H3. The molecular formula is C11H17NS. The number of rotatable bonds is 3. The summed E-state index contributed by atoms with van der Waals surface area (Å²) >= 11 is 1.91. The third-order valence-corrected chi connectivity index (χ3v) is 3.97. The van der Waals surface area contributed by atoms with Crippen molar-refractivity contribution < 1.29 is 0 Å². The van der Waals surface area contributed by atoms with Crippen molar-refractivity contribution in [2.24, 2.45) is 0 Å². The van der Waals surface area contributed by atoms with Gasteiger partial charge in [-0.3, -0.25) is 0 Å². The zero-order valence-electron chi connectivity index (χ0n) is 8.34. The van der Waals surface area contributed by atoms with Crippen LogP contribution in [0.3, 0.4) is 0 Å². The highest BCUT2D eigenvalue weighted by atomic mass is 32.1. The minimum atomic E-state index is 0.643. The van der Waals surface area contributed by atoms with Crippen molar-refractivity contribution in [1.82, 2.24) is 5.32 Å². The van der Waals surface area contributed by atoms with Gasteiger partial charge in [-0.1, -0.05) is 6.92 Å². The van der Waals surface area contributed by atoms with Gasteiger partial charge in [0.15, 0.2) is 0 Å². The van der Waals surface area contributed by atoms with Gasteiger partial charge in [0.25, 0.3) is 0 Å². The van der Waals surface area contributed by atoms with E-state index >= 15 is 0 Å². The third-order valence-electron chi connectivity index (χ3n) is 2.90. The molecule has 0 saturated heterocycles. The lowest BCUT2D eigenvalue weighted by Gasteiger charge is -2.17. The fourth-order valence-corrected chi connectivity index (χ4v) is 2.96. The lowest BCUT2D eigenvalue weighted by Crippen LogP contribution is -2.28. The maximum absolute atomic E-state index is 3.68. The summed E-state index contributed by atoms with van der Waals surface area (Å²) in [5.41, 5.74) is 1.57. The summed E-state index contributed by atoms with van der Waals surface area (Å²) in [6, 6.07) is 3.57. The van der Waals surface area contributed by atoms with Crippen molar-refractivity contribution in [3.8, 4) is 0 Å². The summed E-state index contributed by atoms with van der Waals surface area (Å²) in [7, 11) is 0. The van der Waals surface area contributed by atoms with E-state index in [4.69, 9.17) is 0 Å². The van der Waals surface area contributed by atoms with E-state index in [1.54, 1.807) is 10.4 Å². The maximum atomic E-state index is 3.68. The summed E-state index contributed by atoms with van der Waals surface area (Å²) in [6.07, 6.45) is 3.79. The van der Waals surface area contributed by atoms with E-state index in [1.165, 1.54) is 19.3 Å². The molecule has 1 aromatic heterocycles. The molecule has 1 aliphatic rings. The molecule has 13 heavy (non-hydrogen) atoms. The van der Waals surface area contributed by atoms with Crippen molar-refractivity contribution in [3.05, 3.63) is 21.9 Å². The van der Waals surface area contributed by atoms with Gasteiger partial charge in [-0.25, -0.2) is 0 Å². The Bertz CT molecular complexity index is 279. The summed E-state index contributed by atoms with van der Waals surface area (Å²) in [5, 5.41) is 5.90. The monoisotopic (exact) mass is 195 g/mol. The van der Waals surface area contributed by atoms with Gasteiger partial charge in [-0.2, -0.15) is 0 Å². The molecule has 0 aromatic carbocycles. The molecule has 2 unspecified atom stereocenters. The first-order valence-corrected chi connectivity index (χ1v) is 6.01. The quantitative estimate of drug-likeness (QED) is 0.781. The number of nitrogens with one attached hydrogen (secondary N) is 1. The lowest BCUT2D eigenvalue weighted by molar-refractivity contribution is 0.448. The Kier molecular flexibility index (Phi) is 2.70. The molecule has 1 N–H and O–H groups in total. The van der Waals surface area contributed by atoms with Crippen molar-refractivity contribution in [2.45, 2.75) is 45.2 Å². The molecule has 1 aliphatic carbocycles. The highest BCUT2D eigenvalue weighted by molar-refractivity contribution is 7.10. The Morgan fingerprint density at radius 3 is 3.31 bits per heavy atom. The van der Waals surface area contributed by atoms with E-state index in [0.29, 0.717) is 12.1 Å². The number of hydrogen-bond donors (Lipinski definition) is 1. The Morgan fingerprint density at radius 1 is 1.69 bits per heavy atom. The molecule has 72 valence electrons. The highest BCUT2D eigenvalue weighted by Gasteiger charge is 2.23. The Hall–Kier alpha value is -0.340. The van der Waals surface area contributed by atoms with Crippen molar-refractivity contribution in [3.63, 3.8) is 0 Å². The number of fused-ring (bicyclic) bond motifs is 1. The molecule has 0 amide bonds. The minimum Gasteiger partial charge on any atom is -0.307 e. The van der Waals surface area contributed by atoms with E-state index < -0.39 is 0 Å². The van der Waals surface area contributed by atoms with E-state index in [-0.39, 0.29) is 0 Å². The predicted octanol–water partition coefficient (Wildman–Crippen LogP) is 3.12. The molecule has 1 nitrogen and oxygen atoms in total. The minimum absolute atomic E-state index is 0.643. The van der Waals surface area contributed by atoms with Crippen LogP contribution in [-0.4, -0.2) is 6.04 Å². The van der Waals surface area contributed by atoms with Crippen LogP contribution in [-0.2, 0) is 6.42 Å². The second kappa shape index (κ2) is 3.81. The van der Waals surface area contributed by atoms with Gasteiger partial charge in [0, 0.05) is 17.0 Å². The SMILES string of the molecule is CCC(C)NC1CCc2ccsc21. The summed E-state index contributed by atoms with van der Waals surface area (Å²) < 4.78 is 0. The molecule has 0 radical (unpaired) electrons. The van der Waals surface area contributed by atoms with E-state index in [1.807, 2.05) is 11.3 Å². The first-order valence-electron chi connectivity index (χ1n) is 5.13. The van der Waals surface area contributed by atoms with Gasteiger partial charge >= 0.3 is 0 Å². The van der Waals surface area contributed by atoms with Crippen LogP contribution in [0.1, 0.15) is 43.2 Å². The first-order chi connectivity index (χ1) is 6.31. The maximum Gasteiger partial charge on any atom is 0.0422 e. The van der Waals surface area contributed by atoms with Gasteiger partial charge in [0.05, 0.1) is 0 Å². The molecule has 0 saturated carbocycles. The Balaban J connectivity index is 2.04. The first kappa shape index (κ1) is 9.22. The second-order valence-electron chi connectivity index (χ2n) is 3.88. The fraction of sp³-hybridized carbons (Fsp3) is 0.636. The summed E-state index contributed by atoms with van der Waals surface area (Å²) in [6.45, 7) is 4.51. The van der Waals surface area contributed by atoms with Crippen LogP contribution in [0.2, 0.25) is 0 Å². The molecule has 0 bridgehead atoms. The van der Waals surface area contributed by atoms with Gasteiger partial charge in [0.1, 0.15) is 0 Å². The second-order valence-corrected chi connectivity index (χ2v) is 4.83. The van der Waals surface area contributed by atoms with Crippen molar-refractivity contribution in [2.75, 3.05) is 0 Å². The summed E-state index contributed by atoms with van der Waals surface area (Å²) in [4.78, 5) is 1.58. The van der Waals surface area contributed by atoms with Crippen LogP contribution >= 0.6 is 11.3 Å². The number of aryl methyl sites for hydroxylation is 1. The molecular weight excluding hydrogens is 178 g/mol. The van der Waals surface area contributed by atoms with Crippen LogP contribution in [0, 0.1) is 0 Å². The van der Waals surface area contributed by atoms with E-state index in [9.17, 15) is 0 Å². The fourth-order valence-electron chi connectivity index (χ4n) is 1.91. The van der Waals surface area contributed by atoms with Crippen LogP contribution in [0.5, 0.6) is 0 Å². The van der Waals surface area contributed by atoms with Crippen LogP contribution in [0.25, 0.3) is 0 Å². The van der Waals surface area contributed by atoms with E-state index in [2.05, 4.69) is 30.6 Å². The topological polar surface area (TPSA) is 12.0 Å². The third kappa shape index (κ3) is 1.79. The van der Waals surface area contributed by atoms with Crippen LogP contribution in [0.4, 0.5) is 0 Å². The largest absolute Gasteiger partial charge is 0.307 e. The van der Waals surface area contributed by atoms with Crippen molar-refractivity contribution in [1.29, 1.82) is 0 Å². The van der Waals surface area contributed by atoms with Crippen molar-refractivity contribution >= 4 is 11.3 Å². The highest BCUT2D eigenvalue weighted by Crippen LogP contribution is 2.35. The normalized spacial score (nSPS) is 23.1. The van der Waals surface area contributed by atoms with Gasteiger partial charge < -0.3 is 5.32 Å². The average Bonchev–Trinajstić information content (AvgIpc) is 2.69. The Labute approximate surface area is 84.2 Å². The number of hydrogen-bond acceptors (Lipinski definition) is 2. The zero-order valence-corrected chi connectivity index (χ0v) is 9.16. The van der Waals surface area contributed by atoms with Crippen LogP contribution < -0.4 is 5.32 Å². The molecule has 2 atom stereocenters. The number of thiophene rings is 1. The average molecular weight is 195 g/mol. The summed E-state index contributed by atoms with van der Waals surface area (Å²) in [5.74, 6) is 0. The molecule has 1 aromatic rings. The molecule has 0 aliphatic heterocycles. The lowest BCUT2D eigenvalue weighted by atomic mass is 10.2. The molecule has 2 rings (SSSR count). The van der Waals surface area contributed by atoms with Gasteiger partial charge in [0.2, 0.25) is 0 Å². The molecule has 0 fully saturated rings. The molecule has 2 heteroatoms. The van der Waals surface area contributed by atoms with Gasteiger partial charge in [-0.05, 0) is 43.2 Å². The Morgan fingerprint density at radius 2 is 2.54 bits per heavy atom. The predicted molar refractivity (Wildman–Crippen MR) is 58.3 cm³/mol. The van der Waals surface area contributed by atoms with Gasteiger partial charge in [-0.15, -0.1) is 11.3 Å².